The monoisotopic (exact) mass is 729 g/mol. The van der Waals surface area contributed by atoms with Crippen LogP contribution in [0.2, 0.25) is 0 Å². The predicted molar refractivity (Wildman–Crippen MR) is 197 cm³/mol. The van der Waals surface area contributed by atoms with E-state index in [-0.39, 0.29) is 40.8 Å². The summed E-state index contributed by atoms with van der Waals surface area (Å²) >= 11 is 0. The van der Waals surface area contributed by atoms with Crippen molar-refractivity contribution in [3.63, 3.8) is 0 Å². The van der Waals surface area contributed by atoms with E-state index in [1.807, 2.05) is 42.3 Å². The van der Waals surface area contributed by atoms with Gasteiger partial charge in [-0.15, -0.1) is 0 Å². The Hall–Kier alpha value is -5.96. The van der Waals surface area contributed by atoms with Gasteiger partial charge in [-0.05, 0) is 60.9 Å². The van der Waals surface area contributed by atoms with Crippen LogP contribution in [0.1, 0.15) is 62.1 Å². The molecule has 15 nitrogen and oxygen atoms in total. The summed E-state index contributed by atoms with van der Waals surface area (Å²) in [5.74, 6) is -2.18. The lowest BCUT2D eigenvalue weighted by molar-refractivity contribution is -0.136. The van der Waals surface area contributed by atoms with Crippen molar-refractivity contribution in [3.8, 4) is 0 Å². The molecule has 5 amide bonds. The molecule has 0 radical (unpaired) electrons. The van der Waals surface area contributed by atoms with Crippen LogP contribution in [0.25, 0.3) is 11.0 Å². The Balaban J connectivity index is 0.755. The van der Waals surface area contributed by atoms with Crippen LogP contribution >= 0.6 is 0 Å². The van der Waals surface area contributed by atoms with E-state index >= 15 is 0 Å². The predicted octanol–water partition coefficient (Wildman–Crippen LogP) is 1.57. The van der Waals surface area contributed by atoms with Crippen LogP contribution in [-0.4, -0.2) is 118 Å². The second kappa shape index (κ2) is 12.9. The second-order valence-corrected chi connectivity index (χ2v) is 15.1. The highest BCUT2D eigenvalue weighted by atomic mass is 16.2. The van der Waals surface area contributed by atoms with Gasteiger partial charge in [-0.25, -0.2) is 4.98 Å². The number of hydrogen-bond donors (Lipinski definition) is 2. The Morgan fingerprint density at radius 1 is 0.833 bits per heavy atom. The molecule has 15 heteroatoms. The molecule has 4 saturated heterocycles. The smallest absolute Gasteiger partial charge is 0.272 e. The van der Waals surface area contributed by atoms with Crippen LogP contribution in [0, 0.1) is 5.41 Å². The third-order valence-electron chi connectivity index (χ3n) is 11.5. The summed E-state index contributed by atoms with van der Waals surface area (Å²) in [5, 5.41) is 2.22. The molecule has 3 aromatic heterocycles. The number of piperidine rings is 1. The van der Waals surface area contributed by atoms with Gasteiger partial charge in [0.2, 0.25) is 11.8 Å². The number of nitrogens with one attached hydrogen (secondary N) is 2. The van der Waals surface area contributed by atoms with Crippen molar-refractivity contribution < 1.29 is 24.0 Å². The van der Waals surface area contributed by atoms with Crippen molar-refractivity contribution >= 4 is 51.9 Å². The molecule has 0 bridgehead atoms. The first kappa shape index (κ1) is 33.8. The van der Waals surface area contributed by atoms with Gasteiger partial charge in [0.1, 0.15) is 11.7 Å². The van der Waals surface area contributed by atoms with Gasteiger partial charge >= 0.3 is 0 Å². The number of H-pyrrole nitrogens is 1. The fourth-order valence-electron chi connectivity index (χ4n) is 8.51. The summed E-state index contributed by atoms with van der Waals surface area (Å²) in [7, 11) is 0. The number of rotatable bonds is 7. The number of benzene rings is 1. The number of fused-ring (bicyclic) bond motifs is 2. The first-order valence-electron chi connectivity index (χ1n) is 18.4. The molecule has 0 unspecified atom stereocenters. The molecule has 0 aliphatic carbocycles. The van der Waals surface area contributed by atoms with Crippen molar-refractivity contribution in [2.75, 3.05) is 62.2 Å². The average Bonchev–Trinajstić information content (AvgIpc) is 3.38. The van der Waals surface area contributed by atoms with E-state index < -0.39 is 29.7 Å². The number of piperazine rings is 1. The quantitative estimate of drug-likeness (QED) is 0.265. The maximum Gasteiger partial charge on any atom is 0.272 e. The minimum atomic E-state index is -0.998. The number of aromatic amines is 1. The topological polar surface area (TPSA) is 172 Å². The largest absolute Gasteiger partial charge is 0.370 e. The lowest BCUT2D eigenvalue weighted by atomic mass is 9.72. The minimum absolute atomic E-state index is 0.0361. The molecular weight excluding hydrogens is 690 g/mol. The maximum atomic E-state index is 13.3. The highest BCUT2D eigenvalue weighted by Crippen LogP contribution is 2.43. The fraction of sp³-hybridized carbons (Fsp3) is 0.385. The number of aryl methyl sites for hydroxylation is 1. The van der Waals surface area contributed by atoms with Crippen molar-refractivity contribution in [2.45, 2.75) is 38.8 Å². The summed E-state index contributed by atoms with van der Waals surface area (Å²) < 4.78 is 0. The van der Waals surface area contributed by atoms with Gasteiger partial charge in [0, 0.05) is 88.2 Å². The SMILES string of the molecule is CCc1cc2ncc(CN3CCN(c4ccc(C(=O)N5CC6(C5)CN(c5ccc7c(c5)C(=O)N([C@H]5CCC(=O)NC5=O)C7=O)C6)nc4)CC3)cc2[nH]c1=O. The van der Waals surface area contributed by atoms with Gasteiger partial charge < -0.3 is 19.7 Å². The molecule has 0 saturated carbocycles. The van der Waals surface area contributed by atoms with Gasteiger partial charge in [-0.1, -0.05) is 6.92 Å². The zero-order chi connectivity index (χ0) is 37.3. The summed E-state index contributed by atoms with van der Waals surface area (Å²) in [5.41, 5.74) is 5.97. The molecule has 5 aliphatic rings. The molecule has 1 atom stereocenters. The van der Waals surface area contributed by atoms with Crippen LogP contribution < -0.4 is 20.7 Å². The normalized spacial score (nSPS) is 21.0. The fourth-order valence-corrected chi connectivity index (χ4v) is 8.51. The number of amides is 5. The van der Waals surface area contributed by atoms with Crippen molar-refractivity contribution in [2.24, 2.45) is 5.41 Å². The summed E-state index contributed by atoms with van der Waals surface area (Å²) in [6.07, 6.45) is 4.52. The number of carbonyl (C=O) groups is 5. The van der Waals surface area contributed by atoms with Gasteiger partial charge in [-0.2, -0.15) is 0 Å². The van der Waals surface area contributed by atoms with Crippen LogP contribution in [0.15, 0.2) is 59.7 Å². The van der Waals surface area contributed by atoms with Crippen molar-refractivity contribution in [3.05, 3.63) is 93.2 Å². The van der Waals surface area contributed by atoms with Gasteiger partial charge in [-0.3, -0.25) is 48.9 Å². The highest BCUT2D eigenvalue weighted by molar-refractivity contribution is 6.23. The van der Waals surface area contributed by atoms with Crippen LogP contribution in [0.4, 0.5) is 11.4 Å². The number of anilines is 2. The standard InChI is InChI=1S/C39H39N9O6/c1-2-24-14-30-31(42-34(24)50)13-23(16-40-30)18-44-9-11-45(12-10-44)26-4-6-29(41-17-26)38(54)47-21-39(22-47)19-46(20-39)25-3-5-27-28(15-25)37(53)48(36(27)52)32-7-8-33(49)43-35(32)51/h3-6,13-17,32H,2,7-12,18-22H2,1H3,(H,42,50)(H,43,49,51)/t32-/m0/s1. The molecule has 4 fully saturated rings. The molecule has 9 rings (SSSR count). The van der Waals surface area contributed by atoms with E-state index in [1.54, 1.807) is 24.4 Å². The Morgan fingerprint density at radius 3 is 2.31 bits per heavy atom. The molecule has 1 spiro atoms. The van der Waals surface area contributed by atoms with Gasteiger partial charge in [0.05, 0.1) is 34.0 Å². The van der Waals surface area contributed by atoms with Crippen molar-refractivity contribution in [1.82, 2.24) is 35.0 Å². The number of aromatic nitrogens is 3. The van der Waals surface area contributed by atoms with Gasteiger partial charge in [0.15, 0.2) is 0 Å². The Bertz CT molecular complexity index is 2300. The zero-order valence-electron chi connectivity index (χ0n) is 29.8. The Morgan fingerprint density at radius 2 is 1.59 bits per heavy atom. The molecule has 4 aromatic rings. The molecule has 54 heavy (non-hydrogen) atoms. The lowest BCUT2D eigenvalue weighted by Crippen LogP contribution is -2.73. The summed E-state index contributed by atoms with van der Waals surface area (Å²) in [6, 6.07) is 11.8. The summed E-state index contributed by atoms with van der Waals surface area (Å²) in [4.78, 5) is 97.6. The molecule has 1 aromatic carbocycles. The molecular formula is C39H39N9O6. The van der Waals surface area contributed by atoms with Crippen LogP contribution in [0.3, 0.4) is 0 Å². The van der Waals surface area contributed by atoms with Crippen LogP contribution in [0.5, 0.6) is 0 Å². The second-order valence-electron chi connectivity index (χ2n) is 15.1. The number of likely N-dealkylation sites (tertiary alicyclic amines) is 1. The molecule has 8 heterocycles. The average molecular weight is 730 g/mol. The van der Waals surface area contributed by atoms with Gasteiger partial charge in [0.25, 0.3) is 23.3 Å². The van der Waals surface area contributed by atoms with E-state index in [2.05, 4.69) is 35.0 Å². The van der Waals surface area contributed by atoms with E-state index in [1.165, 1.54) is 0 Å². The third-order valence-corrected chi connectivity index (χ3v) is 11.5. The molecule has 5 aliphatic heterocycles. The summed E-state index contributed by atoms with van der Waals surface area (Å²) in [6.45, 7) is 8.72. The zero-order valence-corrected chi connectivity index (χ0v) is 29.8. The first-order valence-corrected chi connectivity index (χ1v) is 18.4. The van der Waals surface area contributed by atoms with E-state index in [0.29, 0.717) is 38.3 Å². The number of pyridine rings is 3. The lowest BCUT2D eigenvalue weighted by Gasteiger charge is -2.60. The molecule has 2 N–H and O–H groups in total. The minimum Gasteiger partial charge on any atom is -0.370 e. The third kappa shape index (κ3) is 5.79. The number of imide groups is 2. The van der Waals surface area contributed by atoms with E-state index in [4.69, 9.17) is 0 Å². The Labute approximate surface area is 309 Å². The number of hydrogen-bond acceptors (Lipinski definition) is 11. The Kier molecular flexibility index (Phi) is 8.06. The van der Waals surface area contributed by atoms with E-state index in [9.17, 15) is 28.8 Å². The van der Waals surface area contributed by atoms with E-state index in [0.717, 1.165) is 71.2 Å². The van der Waals surface area contributed by atoms with Crippen molar-refractivity contribution in [1.29, 1.82) is 0 Å². The first-order chi connectivity index (χ1) is 26.1. The number of carbonyl (C=O) groups excluding carboxylic acids is 5. The highest BCUT2D eigenvalue weighted by Gasteiger charge is 2.54. The molecule has 276 valence electrons. The van der Waals surface area contributed by atoms with Crippen LogP contribution in [-0.2, 0) is 22.6 Å². The maximum absolute atomic E-state index is 13.3. The number of nitrogens with zero attached hydrogens (tertiary/aromatic N) is 7.